The molecule has 2 amide bonds. The number of hydrogen-bond acceptors (Lipinski definition) is 4. The molecule has 0 aromatic heterocycles. The minimum absolute atomic E-state index is 0.00139. The molecule has 0 saturated heterocycles. The summed E-state index contributed by atoms with van der Waals surface area (Å²) in [7, 11) is 3.01. The molecule has 0 saturated carbocycles. The minimum Gasteiger partial charge on any atom is -0.493 e. The average molecular weight is 346 g/mol. The molecule has 0 unspecified atom stereocenters. The monoisotopic (exact) mass is 346 g/mol. The van der Waals surface area contributed by atoms with Gasteiger partial charge in [0.25, 0.3) is 0 Å². The van der Waals surface area contributed by atoms with Crippen molar-refractivity contribution >= 4 is 17.5 Å². The molecule has 0 bridgehead atoms. The number of nitrogens with one attached hydrogen (secondary N) is 2. The molecule has 6 nitrogen and oxygen atoms in total. The number of halogens is 1. The van der Waals surface area contributed by atoms with E-state index >= 15 is 0 Å². The Morgan fingerprint density at radius 2 is 1.76 bits per heavy atom. The van der Waals surface area contributed by atoms with Gasteiger partial charge in [-0.15, -0.1) is 0 Å². The zero-order chi connectivity index (χ0) is 18.2. The first-order chi connectivity index (χ1) is 12.0. The first-order valence-electron chi connectivity index (χ1n) is 7.55. The lowest BCUT2D eigenvalue weighted by Crippen LogP contribution is -2.33. The first-order valence-corrected chi connectivity index (χ1v) is 7.55. The van der Waals surface area contributed by atoms with Gasteiger partial charge in [0.05, 0.1) is 27.2 Å². The number of methoxy groups -OCH3 is 2. The van der Waals surface area contributed by atoms with Crippen LogP contribution >= 0.6 is 0 Å². The fraction of sp³-hybridized carbons (Fsp3) is 0.222. The predicted molar refractivity (Wildman–Crippen MR) is 91.3 cm³/mol. The predicted octanol–water partition coefficient (Wildman–Crippen LogP) is 2.14. The molecule has 2 aromatic rings. The lowest BCUT2D eigenvalue weighted by Gasteiger charge is -2.11. The van der Waals surface area contributed by atoms with Gasteiger partial charge in [-0.3, -0.25) is 9.59 Å². The van der Waals surface area contributed by atoms with E-state index in [2.05, 4.69) is 10.6 Å². The van der Waals surface area contributed by atoms with Crippen molar-refractivity contribution in [2.75, 3.05) is 26.1 Å². The number of amides is 2. The van der Waals surface area contributed by atoms with Crippen molar-refractivity contribution in [1.82, 2.24) is 5.32 Å². The van der Waals surface area contributed by atoms with Crippen molar-refractivity contribution < 1.29 is 23.5 Å². The summed E-state index contributed by atoms with van der Waals surface area (Å²) in [5.74, 6) is -0.135. The van der Waals surface area contributed by atoms with Gasteiger partial charge in [0.15, 0.2) is 11.5 Å². The van der Waals surface area contributed by atoms with Gasteiger partial charge in [0.2, 0.25) is 11.8 Å². The van der Waals surface area contributed by atoms with E-state index in [0.717, 1.165) is 0 Å². The number of anilines is 1. The topological polar surface area (TPSA) is 76.7 Å². The first kappa shape index (κ1) is 18.3. The third-order valence-corrected chi connectivity index (χ3v) is 3.37. The zero-order valence-corrected chi connectivity index (χ0v) is 14.0. The summed E-state index contributed by atoms with van der Waals surface area (Å²) in [6, 6.07) is 10.7. The maximum atomic E-state index is 13.1. The largest absolute Gasteiger partial charge is 0.493 e. The SMILES string of the molecule is COc1ccc(NC(=O)CNC(=O)Cc2cccc(F)c2)cc1OC. The van der Waals surface area contributed by atoms with E-state index in [0.29, 0.717) is 22.7 Å². The summed E-state index contributed by atoms with van der Waals surface area (Å²) in [6.07, 6.45) is 0.00139. The lowest BCUT2D eigenvalue weighted by atomic mass is 10.1. The smallest absolute Gasteiger partial charge is 0.243 e. The Morgan fingerprint density at radius 1 is 1.00 bits per heavy atom. The number of rotatable bonds is 7. The van der Waals surface area contributed by atoms with Crippen LogP contribution in [-0.2, 0) is 16.0 Å². The summed E-state index contributed by atoms with van der Waals surface area (Å²) in [4.78, 5) is 23.7. The van der Waals surface area contributed by atoms with Crippen LogP contribution in [0, 0.1) is 5.82 Å². The molecule has 0 atom stereocenters. The second kappa shape index (κ2) is 8.68. The summed E-state index contributed by atoms with van der Waals surface area (Å²) >= 11 is 0. The fourth-order valence-corrected chi connectivity index (χ4v) is 2.19. The number of carbonyl (C=O) groups excluding carboxylic acids is 2. The van der Waals surface area contributed by atoms with E-state index in [-0.39, 0.29) is 24.8 Å². The fourth-order valence-electron chi connectivity index (χ4n) is 2.19. The molecule has 0 fully saturated rings. The molecule has 25 heavy (non-hydrogen) atoms. The maximum Gasteiger partial charge on any atom is 0.243 e. The van der Waals surface area contributed by atoms with Crippen LogP contribution in [0.3, 0.4) is 0 Å². The van der Waals surface area contributed by atoms with Gasteiger partial charge >= 0.3 is 0 Å². The molecule has 0 spiro atoms. The van der Waals surface area contributed by atoms with E-state index in [1.165, 1.54) is 32.4 Å². The quantitative estimate of drug-likeness (QED) is 0.805. The van der Waals surface area contributed by atoms with Crippen LogP contribution < -0.4 is 20.1 Å². The van der Waals surface area contributed by atoms with Crippen LogP contribution in [0.1, 0.15) is 5.56 Å². The number of ether oxygens (including phenoxy) is 2. The Kier molecular flexibility index (Phi) is 6.33. The normalized spacial score (nSPS) is 10.0. The van der Waals surface area contributed by atoms with Gasteiger partial charge in [-0.2, -0.15) is 0 Å². The number of carbonyl (C=O) groups is 2. The Labute approximate surface area is 144 Å². The molecule has 132 valence electrons. The summed E-state index contributed by atoms with van der Waals surface area (Å²) < 4.78 is 23.3. The zero-order valence-electron chi connectivity index (χ0n) is 14.0. The van der Waals surface area contributed by atoms with Gasteiger partial charge in [-0.1, -0.05) is 12.1 Å². The van der Waals surface area contributed by atoms with Crippen molar-refractivity contribution in [2.24, 2.45) is 0 Å². The molecule has 0 aliphatic carbocycles. The molecule has 2 rings (SSSR count). The van der Waals surface area contributed by atoms with E-state index in [1.807, 2.05) is 0 Å². The van der Waals surface area contributed by atoms with Crippen LogP contribution in [0.4, 0.5) is 10.1 Å². The Balaban J connectivity index is 1.85. The van der Waals surface area contributed by atoms with E-state index in [4.69, 9.17) is 9.47 Å². The number of benzene rings is 2. The summed E-state index contributed by atoms with van der Waals surface area (Å²) in [6.45, 7) is -0.192. The van der Waals surface area contributed by atoms with Crippen molar-refractivity contribution in [1.29, 1.82) is 0 Å². The molecular weight excluding hydrogens is 327 g/mol. The van der Waals surface area contributed by atoms with Crippen LogP contribution in [0.15, 0.2) is 42.5 Å². The van der Waals surface area contributed by atoms with Crippen LogP contribution in [0.25, 0.3) is 0 Å². The summed E-state index contributed by atoms with van der Waals surface area (Å²) in [5, 5.41) is 5.14. The standard InChI is InChI=1S/C18H19FN2O4/c1-24-15-7-6-14(10-16(15)25-2)21-18(23)11-20-17(22)9-12-4-3-5-13(19)8-12/h3-8,10H,9,11H2,1-2H3,(H,20,22)(H,21,23). The Bertz CT molecular complexity index is 764. The van der Waals surface area contributed by atoms with Gasteiger partial charge in [-0.25, -0.2) is 4.39 Å². The highest BCUT2D eigenvalue weighted by atomic mass is 19.1. The van der Waals surface area contributed by atoms with E-state index in [1.54, 1.807) is 24.3 Å². The minimum atomic E-state index is -0.406. The highest BCUT2D eigenvalue weighted by Crippen LogP contribution is 2.29. The molecule has 7 heteroatoms. The molecule has 2 aromatic carbocycles. The molecule has 0 aliphatic rings. The molecule has 2 N–H and O–H groups in total. The Morgan fingerprint density at radius 3 is 2.44 bits per heavy atom. The molecular formula is C18H19FN2O4. The molecule has 0 radical (unpaired) electrons. The van der Waals surface area contributed by atoms with Crippen molar-refractivity contribution in [3.63, 3.8) is 0 Å². The van der Waals surface area contributed by atoms with Gasteiger partial charge < -0.3 is 20.1 Å². The van der Waals surface area contributed by atoms with Crippen molar-refractivity contribution in [3.8, 4) is 11.5 Å². The second-order valence-corrected chi connectivity index (χ2v) is 5.20. The lowest BCUT2D eigenvalue weighted by molar-refractivity contribution is -0.123. The highest BCUT2D eigenvalue weighted by molar-refractivity contribution is 5.95. The van der Waals surface area contributed by atoms with Crippen LogP contribution in [0.2, 0.25) is 0 Å². The third-order valence-electron chi connectivity index (χ3n) is 3.37. The van der Waals surface area contributed by atoms with Crippen LogP contribution in [-0.4, -0.2) is 32.6 Å². The maximum absolute atomic E-state index is 13.1. The van der Waals surface area contributed by atoms with E-state index < -0.39 is 5.82 Å². The number of hydrogen-bond donors (Lipinski definition) is 2. The molecule has 0 heterocycles. The van der Waals surface area contributed by atoms with Crippen molar-refractivity contribution in [2.45, 2.75) is 6.42 Å². The van der Waals surface area contributed by atoms with Gasteiger partial charge in [0, 0.05) is 11.8 Å². The summed E-state index contributed by atoms with van der Waals surface area (Å²) in [5.41, 5.74) is 1.06. The van der Waals surface area contributed by atoms with Crippen LogP contribution in [0.5, 0.6) is 11.5 Å². The van der Waals surface area contributed by atoms with Gasteiger partial charge in [-0.05, 0) is 29.8 Å². The van der Waals surface area contributed by atoms with E-state index in [9.17, 15) is 14.0 Å². The second-order valence-electron chi connectivity index (χ2n) is 5.20. The van der Waals surface area contributed by atoms with Crippen molar-refractivity contribution in [3.05, 3.63) is 53.8 Å². The highest BCUT2D eigenvalue weighted by Gasteiger charge is 2.09. The van der Waals surface area contributed by atoms with Gasteiger partial charge in [0.1, 0.15) is 5.82 Å². The molecule has 0 aliphatic heterocycles. The Hall–Kier alpha value is -3.09. The average Bonchev–Trinajstić information content (AvgIpc) is 2.60. The third kappa shape index (κ3) is 5.49.